The number of hydrogen-bond donors (Lipinski definition) is 3. The number of ether oxygens (including phenoxy) is 2. The van der Waals surface area contributed by atoms with Gasteiger partial charge in [-0.25, -0.2) is 14.8 Å². The second-order valence-corrected chi connectivity index (χ2v) is 5.45. The number of carbonyl (C=O) groups is 1. The second kappa shape index (κ2) is 10.9. The first-order valence-electron chi connectivity index (χ1n) is 8.47. The monoisotopic (exact) mass is 360 g/mol. The van der Waals surface area contributed by atoms with Crippen molar-refractivity contribution in [2.45, 2.75) is 12.8 Å². The minimum absolute atomic E-state index is 0.0179. The van der Waals surface area contributed by atoms with E-state index in [1.807, 2.05) is 24.3 Å². The molecule has 0 saturated carbocycles. The highest BCUT2D eigenvalue weighted by Crippen LogP contribution is 2.25. The Kier molecular flexibility index (Phi) is 8.14. The first-order valence-corrected chi connectivity index (χ1v) is 8.47. The number of nitrogens with zero attached hydrogens (tertiary/aromatic N) is 2. The summed E-state index contributed by atoms with van der Waals surface area (Å²) in [6.07, 6.45) is 3.18. The van der Waals surface area contributed by atoms with Gasteiger partial charge in [0, 0.05) is 12.7 Å². The quantitative estimate of drug-likeness (QED) is 0.494. The number of benzene rings is 1. The number of nitrogens with one attached hydrogen (secondary N) is 2. The summed E-state index contributed by atoms with van der Waals surface area (Å²) in [4.78, 5) is 18.7. The smallest absolute Gasteiger partial charge is 0.354 e. The molecule has 1 aromatic heterocycles. The molecule has 0 unspecified atom stereocenters. The van der Waals surface area contributed by atoms with Crippen LogP contribution >= 0.6 is 0 Å². The van der Waals surface area contributed by atoms with Gasteiger partial charge in [-0.05, 0) is 44.1 Å². The van der Waals surface area contributed by atoms with Crippen LogP contribution in [0, 0.1) is 0 Å². The largest absolute Gasteiger partial charge is 0.493 e. The van der Waals surface area contributed by atoms with E-state index < -0.39 is 5.97 Å². The zero-order valence-corrected chi connectivity index (χ0v) is 14.8. The number of hydrogen-bond acceptors (Lipinski definition) is 7. The van der Waals surface area contributed by atoms with Crippen molar-refractivity contribution < 1.29 is 19.4 Å². The fourth-order valence-corrected chi connectivity index (χ4v) is 2.22. The van der Waals surface area contributed by atoms with E-state index in [0.717, 1.165) is 37.4 Å². The lowest BCUT2D eigenvalue weighted by Gasteiger charge is -2.10. The van der Waals surface area contributed by atoms with Crippen LogP contribution in [-0.2, 0) is 0 Å². The molecule has 0 amide bonds. The number of carboxylic acid groups (broad SMARTS) is 1. The second-order valence-electron chi connectivity index (χ2n) is 5.45. The Hall–Kier alpha value is -2.87. The lowest BCUT2D eigenvalue weighted by atomic mass is 10.3. The van der Waals surface area contributed by atoms with Gasteiger partial charge >= 0.3 is 5.97 Å². The van der Waals surface area contributed by atoms with E-state index in [1.54, 1.807) is 7.11 Å². The SMILES string of the molecule is COc1ccccc1OCCCNCCCNc1nccc(C(=O)O)n1. The van der Waals surface area contributed by atoms with E-state index in [0.29, 0.717) is 19.1 Å². The highest BCUT2D eigenvalue weighted by molar-refractivity contribution is 5.85. The predicted molar refractivity (Wildman–Crippen MR) is 98.1 cm³/mol. The van der Waals surface area contributed by atoms with Gasteiger partial charge in [-0.2, -0.15) is 0 Å². The highest BCUT2D eigenvalue weighted by Gasteiger charge is 2.05. The van der Waals surface area contributed by atoms with Crippen LogP contribution in [0.4, 0.5) is 5.95 Å². The summed E-state index contributed by atoms with van der Waals surface area (Å²) < 4.78 is 10.9. The fraction of sp³-hybridized carbons (Fsp3) is 0.389. The number of aromatic nitrogens is 2. The maximum Gasteiger partial charge on any atom is 0.354 e. The number of anilines is 1. The van der Waals surface area contributed by atoms with E-state index in [1.165, 1.54) is 12.3 Å². The molecule has 0 aliphatic carbocycles. The van der Waals surface area contributed by atoms with Gasteiger partial charge in [0.05, 0.1) is 13.7 Å². The van der Waals surface area contributed by atoms with Crippen molar-refractivity contribution in [3.8, 4) is 11.5 Å². The molecule has 0 aliphatic rings. The molecule has 140 valence electrons. The van der Waals surface area contributed by atoms with Gasteiger partial charge in [0.1, 0.15) is 0 Å². The van der Waals surface area contributed by atoms with Crippen molar-refractivity contribution >= 4 is 11.9 Å². The van der Waals surface area contributed by atoms with E-state index in [-0.39, 0.29) is 5.69 Å². The van der Waals surface area contributed by atoms with E-state index >= 15 is 0 Å². The Bertz CT molecular complexity index is 696. The molecule has 2 rings (SSSR count). The lowest BCUT2D eigenvalue weighted by Crippen LogP contribution is -2.21. The van der Waals surface area contributed by atoms with Crippen molar-refractivity contribution in [1.82, 2.24) is 15.3 Å². The van der Waals surface area contributed by atoms with Crippen molar-refractivity contribution in [3.63, 3.8) is 0 Å². The number of methoxy groups -OCH3 is 1. The molecule has 0 bridgehead atoms. The number of rotatable bonds is 12. The lowest BCUT2D eigenvalue weighted by molar-refractivity contribution is 0.0690. The van der Waals surface area contributed by atoms with Gasteiger partial charge in [-0.1, -0.05) is 12.1 Å². The Morgan fingerprint density at radius 3 is 2.65 bits per heavy atom. The molecule has 3 N–H and O–H groups in total. The van der Waals surface area contributed by atoms with Crippen LogP contribution in [0.3, 0.4) is 0 Å². The maximum absolute atomic E-state index is 10.8. The summed E-state index contributed by atoms with van der Waals surface area (Å²) in [7, 11) is 1.63. The molecule has 1 heterocycles. The van der Waals surface area contributed by atoms with Crippen molar-refractivity contribution in [1.29, 1.82) is 0 Å². The number of para-hydroxylation sites is 2. The summed E-state index contributed by atoms with van der Waals surface area (Å²) >= 11 is 0. The average molecular weight is 360 g/mol. The first kappa shape index (κ1) is 19.5. The summed E-state index contributed by atoms with van der Waals surface area (Å²) in [6, 6.07) is 8.95. The molecule has 2 aromatic rings. The maximum atomic E-state index is 10.8. The molecule has 0 radical (unpaired) electrons. The molecule has 26 heavy (non-hydrogen) atoms. The van der Waals surface area contributed by atoms with Crippen LogP contribution in [0.15, 0.2) is 36.5 Å². The normalized spacial score (nSPS) is 10.3. The van der Waals surface area contributed by atoms with Crippen LogP contribution in [-0.4, -0.2) is 54.4 Å². The zero-order chi connectivity index (χ0) is 18.6. The van der Waals surface area contributed by atoms with Crippen LogP contribution in [0.1, 0.15) is 23.3 Å². The van der Waals surface area contributed by atoms with Crippen LogP contribution in [0.5, 0.6) is 11.5 Å². The van der Waals surface area contributed by atoms with Gasteiger partial charge in [-0.15, -0.1) is 0 Å². The van der Waals surface area contributed by atoms with Gasteiger partial charge in [0.25, 0.3) is 0 Å². The third kappa shape index (κ3) is 6.56. The molecule has 0 saturated heterocycles. The van der Waals surface area contributed by atoms with Crippen LogP contribution < -0.4 is 20.1 Å². The topological polar surface area (TPSA) is 106 Å². The highest BCUT2D eigenvalue weighted by atomic mass is 16.5. The molecular weight excluding hydrogens is 336 g/mol. The van der Waals surface area contributed by atoms with Crippen LogP contribution in [0.2, 0.25) is 0 Å². The summed E-state index contributed by atoms with van der Waals surface area (Å²) in [6.45, 7) is 2.95. The Morgan fingerprint density at radius 2 is 1.88 bits per heavy atom. The molecule has 0 aliphatic heterocycles. The third-order valence-electron chi connectivity index (χ3n) is 3.51. The van der Waals surface area contributed by atoms with Crippen molar-refractivity contribution in [3.05, 3.63) is 42.2 Å². The Labute approximate surface area is 152 Å². The summed E-state index contributed by atoms with van der Waals surface area (Å²) in [5.41, 5.74) is -0.0179. The predicted octanol–water partition coefficient (Wildman–Crippen LogP) is 2.04. The molecular formula is C18H24N4O4. The summed E-state index contributed by atoms with van der Waals surface area (Å²) in [5.74, 6) is 0.756. The van der Waals surface area contributed by atoms with Crippen LogP contribution in [0.25, 0.3) is 0 Å². The fourth-order valence-electron chi connectivity index (χ4n) is 2.22. The molecule has 1 aromatic carbocycles. The molecule has 0 spiro atoms. The average Bonchev–Trinajstić information content (AvgIpc) is 2.67. The van der Waals surface area contributed by atoms with E-state index in [2.05, 4.69) is 20.6 Å². The molecule has 8 heteroatoms. The van der Waals surface area contributed by atoms with Crippen molar-refractivity contribution in [2.75, 3.05) is 38.7 Å². The standard InChI is InChI=1S/C18H24N4O4/c1-25-15-6-2-3-7-16(15)26-13-5-10-19-9-4-11-20-18-21-12-8-14(22-18)17(23)24/h2-3,6-8,12,19H,4-5,9-11,13H2,1H3,(H,23,24)(H,20,21,22). The van der Waals surface area contributed by atoms with Crippen molar-refractivity contribution in [2.24, 2.45) is 0 Å². The molecule has 8 nitrogen and oxygen atoms in total. The molecule has 0 fully saturated rings. The zero-order valence-electron chi connectivity index (χ0n) is 14.8. The van der Waals surface area contributed by atoms with Gasteiger partial charge in [-0.3, -0.25) is 0 Å². The first-order chi connectivity index (χ1) is 12.7. The minimum atomic E-state index is -1.06. The van der Waals surface area contributed by atoms with E-state index in [4.69, 9.17) is 14.6 Å². The van der Waals surface area contributed by atoms with Gasteiger partial charge in [0.2, 0.25) is 5.95 Å². The minimum Gasteiger partial charge on any atom is -0.493 e. The van der Waals surface area contributed by atoms with Gasteiger partial charge < -0.3 is 25.2 Å². The van der Waals surface area contributed by atoms with E-state index in [9.17, 15) is 4.79 Å². The Morgan fingerprint density at radius 1 is 1.12 bits per heavy atom. The number of carboxylic acids is 1. The third-order valence-corrected chi connectivity index (χ3v) is 3.51. The summed E-state index contributed by atoms with van der Waals surface area (Å²) in [5, 5.41) is 15.2. The number of aromatic carboxylic acids is 1. The Balaban J connectivity index is 1.52. The van der Waals surface area contributed by atoms with Gasteiger partial charge in [0.15, 0.2) is 17.2 Å². The molecule has 0 atom stereocenters.